The van der Waals surface area contributed by atoms with Crippen molar-refractivity contribution in [2.75, 3.05) is 26.4 Å². The first-order valence-corrected chi connectivity index (χ1v) is 5.72. The average molecular weight is 228 g/mol. The largest absolute Gasteiger partial charge is 0.381 e. The van der Waals surface area contributed by atoms with Crippen LogP contribution in [-0.4, -0.2) is 65.4 Å². The second kappa shape index (κ2) is 6.08. The van der Waals surface area contributed by atoms with E-state index in [0.717, 1.165) is 19.5 Å². The van der Waals surface area contributed by atoms with Crippen molar-refractivity contribution in [3.05, 3.63) is 0 Å². The molecule has 1 saturated heterocycles. The molecule has 1 fully saturated rings. The molecule has 5 heteroatoms. The molecule has 0 aliphatic carbocycles. The lowest BCUT2D eigenvalue weighted by molar-refractivity contribution is -0.136. The molecule has 2 atom stereocenters. The van der Waals surface area contributed by atoms with Crippen LogP contribution in [0.25, 0.3) is 0 Å². The molecule has 0 saturated carbocycles. The number of aldehydes is 1. The summed E-state index contributed by atoms with van der Waals surface area (Å²) in [7, 11) is 0. The zero-order chi connectivity index (χ0) is 12.1. The summed E-state index contributed by atoms with van der Waals surface area (Å²) in [6, 6.07) is -0.108. The second-order valence-corrected chi connectivity index (χ2v) is 4.25. The molecule has 1 aliphatic heterocycles. The van der Waals surface area contributed by atoms with Gasteiger partial charge in [0.25, 0.3) is 0 Å². The van der Waals surface area contributed by atoms with E-state index in [4.69, 9.17) is 5.11 Å². The Morgan fingerprint density at radius 2 is 2.25 bits per heavy atom. The van der Waals surface area contributed by atoms with E-state index >= 15 is 0 Å². The molecule has 0 radical (unpaired) electrons. The van der Waals surface area contributed by atoms with E-state index in [0.29, 0.717) is 12.8 Å². The third kappa shape index (κ3) is 2.87. The van der Waals surface area contributed by atoms with Crippen LogP contribution in [0.2, 0.25) is 0 Å². The van der Waals surface area contributed by atoms with Gasteiger partial charge in [-0.15, -0.1) is 0 Å². The summed E-state index contributed by atoms with van der Waals surface area (Å²) in [5.74, 6) is -0.390. The highest BCUT2D eigenvalue weighted by molar-refractivity contribution is 6.27. The molecule has 1 rings (SSSR count). The number of hydrogen-bond donors (Lipinski definition) is 1. The maximum atomic E-state index is 11.5. The predicted molar refractivity (Wildman–Crippen MR) is 60.0 cm³/mol. The zero-order valence-corrected chi connectivity index (χ0v) is 9.93. The van der Waals surface area contributed by atoms with E-state index in [1.54, 1.807) is 4.90 Å². The van der Waals surface area contributed by atoms with Crippen LogP contribution in [0.15, 0.2) is 0 Å². The number of carbonyl (C=O) groups is 2. The molecule has 92 valence electrons. The first-order chi connectivity index (χ1) is 7.63. The Bertz CT molecular complexity index is 258. The highest BCUT2D eigenvalue weighted by Gasteiger charge is 2.33. The fourth-order valence-electron chi connectivity index (χ4n) is 2.08. The van der Waals surface area contributed by atoms with Gasteiger partial charge in [-0.1, -0.05) is 6.92 Å². The minimum absolute atomic E-state index is 0.0585. The van der Waals surface area contributed by atoms with E-state index in [2.05, 4.69) is 18.7 Å². The van der Waals surface area contributed by atoms with Crippen molar-refractivity contribution in [2.45, 2.75) is 32.4 Å². The Morgan fingerprint density at radius 3 is 2.75 bits per heavy atom. The first-order valence-electron chi connectivity index (χ1n) is 5.72. The number of aliphatic hydroxyl groups is 1. The van der Waals surface area contributed by atoms with E-state index in [9.17, 15) is 9.59 Å². The molecule has 1 aliphatic rings. The number of rotatable bonds is 5. The Balaban J connectivity index is 2.75. The maximum Gasteiger partial charge on any atom is 0.213 e. The molecule has 0 amide bonds. The number of nitrogens with zero attached hydrogens (tertiary/aromatic N) is 2. The molecule has 16 heavy (non-hydrogen) atoms. The summed E-state index contributed by atoms with van der Waals surface area (Å²) in [6.07, 6.45) is 1.34. The van der Waals surface area contributed by atoms with Crippen LogP contribution in [0.3, 0.4) is 0 Å². The Morgan fingerprint density at radius 1 is 1.56 bits per heavy atom. The van der Waals surface area contributed by atoms with Crippen molar-refractivity contribution >= 4 is 12.1 Å². The van der Waals surface area contributed by atoms with Crippen molar-refractivity contribution in [1.29, 1.82) is 0 Å². The van der Waals surface area contributed by atoms with Gasteiger partial charge in [-0.3, -0.25) is 19.4 Å². The van der Waals surface area contributed by atoms with Crippen LogP contribution in [0, 0.1) is 0 Å². The molecule has 1 heterocycles. The third-order valence-electron chi connectivity index (χ3n) is 3.31. The monoisotopic (exact) mass is 228 g/mol. The van der Waals surface area contributed by atoms with Crippen LogP contribution in [0.4, 0.5) is 0 Å². The van der Waals surface area contributed by atoms with E-state index in [1.807, 2.05) is 0 Å². The minimum Gasteiger partial charge on any atom is -0.381 e. The van der Waals surface area contributed by atoms with E-state index < -0.39 is 11.8 Å². The number of hydrogen-bond acceptors (Lipinski definition) is 5. The summed E-state index contributed by atoms with van der Waals surface area (Å²) in [5, 5.41) is 9.05. The number of piperazine rings is 1. The highest BCUT2D eigenvalue weighted by Crippen LogP contribution is 2.15. The molecule has 0 aromatic heterocycles. The van der Waals surface area contributed by atoms with Crippen LogP contribution < -0.4 is 0 Å². The molecule has 0 bridgehead atoms. The summed E-state index contributed by atoms with van der Waals surface area (Å²) in [5.41, 5.74) is 0. The van der Waals surface area contributed by atoms with Crippen LogP contribution in [-0.2, 0) is 9.59 Å². The van der Waals surface area contributed by atoms with Gasteiger partial charge in [0.15, 0.2) is 6.29 Å². The predicted octanol–water partition coefficient (Wildman–Crippen LogP) is -0.511. The summed E-state index contributed by atoms with van der Waals surface area (Å²) in [4.78, 5) is 26.0. The topological polar surface area (TPSA) is 60.9 Å². The molecule has 0 aromatic rings. The first kappa shape index (κ1) is 13.3. The van der Waals surface area contributed by atoms with Crippen molar-refractivity contribution in [2.24, 2.45) is 0 Å². The molecule has 1 N–H and O–H groups in total. The molecule has 0 aromatic carbocycles. The average Bonchev–Trinajstić information content (AvgIpc) is 2.36. The zero-order valence-electron chi connectivity index (χ0n) is 9.93. The lowest BCUT2D eigenvalue weighted by atomic mass is 10.0. The minimum atomic E-state index is -0.395. The fourth-order valence-corrected chi connectivity index (χ4v) is 2.08. The lowest BCUT2D eigenvalue weighted by Gasteiger charge is -2.42. The molecular weight excluding hydrogens is 208 g/mol. The summed E-state index contributed by atoms with van der Waals surface area (Å²) in [6.45, 7) is 5.96. The van der Waals surface area contributed by atoms with Crippen LogP contribution in [0.1, 0.15) is 20.3 Å². The standard InChI is InChI=1S/C11H20N2O3/c1-3-9(2)13-5-4-12(8-15)6-10(13)11(16)7-14/h7,9-10,15H,3-6,8H2,1-2H3. The van der Waals surface area contributed by atoms with Crippen molar-refractivity contribution in [1.82, 2.24) is 9.80 Å². The van der Waals surface area contributed by atoms with Gasteiger partial charge in [0, 0.05) is 25.7 Å². The Labute approximate surface area is 96.0 Å². The van der Waals surface area contributed by atoms with Crippen LogP contribution in [0.5, 0.6) is 0 Å². The lowest BCUT2D eigenvalue weighted by Crippen LogP contribution is -2.59. The molecular formula is C11H20N2O3. The quantitative estimate of drug-likeness (QED) is 0.507. The number of aliphatic hydroxyl groups excluding tert-OH is 1. The number of ketones is 1. The molecule has 5 nitrogen and oxygen atoms in total. The van der Waals surface area contributed by atoms with Gasteiger partial charge in [-0.25, -0.2) is 0 Å². The summed E-state index contributed by atoms with van der Waals surface area (Å²) >= 11 is 0. The maximum absolute atomic E-state index is 11.5. The number of Topliss-reactive ketones (excluding diaryl/α,β-unsaturated/α-hetero) is 1. The van der Waals surface area contributed by atoms with Gasteiger partial charge in [0.2, 0.25) is 5.78 Å². The smallest absolute Gasteiger partial charge is 0.213 e. The van der Waals surface area contributed by atoms with Gasteiger partial charge < -0.3 is 5.11 Å². The highest BCUT2D eigenvalue weighted by atomic mass is 16.3. The van der Waals surface area contributed by atoms with Gasteiger partial charge in [0.1, 0.15) is 0 Å². The van der Waals surface area contributed by atoms with Crippen LogP contribution >= 0.6 is 0 Å². The van der Waals surface area contributed by atoms with Crippen molar-refractivity contribution < 1.29 is 14.7 Å². The van der Waals surface area contributed by atoms with Gasteiger partial charge in [0.05, 0.1) is 12.8 Å². The van der Waals surface area contributed by atoms with E-state index in [-0.39, 0.29) is 12.8 Å². The number of carbonyl (C=O) groups excluding carboxylic acids is 2. The Hall–Kier alpha value is -0.780. The summed E-state index contributed by atoms with van der Waals surface area (Å²) < 4.78 is 0. The van der Waals surface area contributed by atoms with Crippen molar-refractivity contribution in [3.63, 3.8) is 0 Å². The van der Waals surface area contributed by atoms with Gasteiger partial charge >= 0.3 is 0 Å². The SMILES string of the molecule is CCC(C)N1CCN(CO)CC1C(=O)C=O. The fraction of sp³-hybridized carbons (Fsp3) is 0.818. The molecule has 2 unspecified atom stereocenters. The van der Waals surface area contributed by atoms with Gasteiger partial charge in [-0.05, 0) is 13.3 Å². The van der Waals surface area contributed by atoms with E-state index in [1.165, 1.54) is 0 Å². The Kier molecular flexibility index (Phi) is 5.05. The normalized spacial score (nSPS) is 25.3. The van der Waals surface area contributed by atoms with Gasteiger partial charge in [-0.2, -0.15) is 0 Å². The second-order valence-electron chi connectivity index (χ2n) is 4.25. The third-order valence-corrected chi connectivity index (χ3v) is 3.31. The van der Waals surface area contributed by atoms with Crippen molar-refractivity contribution in [3.8, 4) is 0 Å². The molecule has 0 spiro atoms.